The maximum Gasteiger partial charge on any atom is 0.224 e. The first-order chi connectivity index (χ1) is 9.36. The Labute approximate surface area is 112 Å². The SMILES string of the molecule is OCCNc1nc(C2CCOC2)cc(N2CCC2)n1. The van der Waals surface area contributed by atoms with E-state index in [2.05, 4.69) is 26.3 Å². The van der Waals surface area contributed by atoms with Gasteiger partial charge >= 0.3 is 0 Å². The maximum atomic E-state index is 8.90. The Hall–Kier alpha value is -1.40. The van der Waals surface area contributed by atoms with Crippen molar-refractivity contribution >= 4 is 11.8 Å². The first kappa shape index (κ1) is 12.6. The quantitative estimate of drug-likeness (QED) is 0.811. The van der Waals surface area contributed by atoms with Gasteiger partial charge < -0.3 is 20.1 Å². The van der Waals surface area contributed by atoms with Crippen molar-refractivity contribution in [3.8, 4) is 0 Å². The minimum absolute atomic E-state index is 0.0825. The summed E-state index contributed by atoms with van der Waals surface area (Å²) in [6, 6.07) is 2.09. The van der Waals surface area contributed by atoms with Crippen molar-refractivity contribution in [2.24, 2.45) is 0 Å². The van der Waals surface area contributed by atoms with Crippen LogP contribution < -0.4 is 10.2 Å². The Morgan fingerprint density at radius 2 is 2.32 bits per heavy atom. The van der Waals surface area contributed by atoms with Gasteiger partial charge in [-0.1, -0.05) is 0 Å². The number of anilines is 2. The molecule has 6 heteroatoms. The molecule has 6 nitrogen and oxygen atoms in total. The summed E-state index contributed by atoms with van der Waals surface area (Å²) >= 11 is 0. The minimum atomic E-state index is 0.0825. The molecule has 2 aliphatic rings. The van der Waals surface area contributed by atoms with Crippen molar-refractivity contribution in [2.75, 3.05) is 49.7 Å². The van der Waals surface area contributed by atoms with Crippen molar-refractivity contribution in [2.45, 2.75) is 18.8 Å². The summed E-state index contributed by atoms with van der Waals surface area (Å²) < 4.78 is 5.44. The second kappa shape index (κ2) is 5.71. The van der Waals surface area contributed by atoms with Crippen molar-refractivity contribution < 1.29 is 9.84 Å². The lowest BCUT2D eigenvalue weighted by molar-refractivity contribution is 0.193. The topological polar surface area (TPSA) is 70.5 Å². The van der Waals surface area contributed by atoms with Gasteiger partial charge in [-0.05, 0) is 12.8 Å². The summed E-state index contributed by atoms with van der Waals surface area (Å²) in [7, 11) is 0. The highest BCUT2D eigenvalue weighted by atomic mass is 16.5. The fourth-order valence-corrected chi connectivity index (χ4v) is 2.38. The van der Waals surface area contributed by atoms with Crippen molar-refractivity contribution in [3.05, 3.63) is 11.8 Å². The van der Waals surface area contributed by atoms with Gasteiger partial charge in [-0.3, -0.25) is 0 Å². The Morgan fingerprint density at radius 3 is 2.95 bits per heavy atom. The van der Waals surface area contributed by atoms with E-state index < -0.39 is 0 Å². The van der Waals surface area contributed by atoms with Gasteiger partial charge in [-0.2, -0.15) is 4.98 Å². The molecule has 1 unspecified atom stereocenters. The number of nitrogens with one attached hydrogen (secondary N) is 1. The molecular formula is C13H20N4O2. The zero-order valence-electron chi connectivity index (χ0n) is 11.0. The zero-order valence-corrected chi connectivity index (χ0v) is 11.0. The van der Waals surface area contributed by atoms with Gasteiger partial charge in [0, 0.05) is 38.2 Å². The molecule has 0 amide bonds. The Kier molecular flexibility index (Phi) is 3.79. The van der Waals surface area contributed by atoms with Gasteiger partial charge in [0.2, 0.25) is 5.95 Å². The van der Waals surface area contributed by atoms with Crippen LogP contribution in [0.4, 0.5) is 11.8 Å². The number of rotatable bonds is 5. The molecule has 3 heterocycles. The van der Waals surface area contributed by atoms with E-state index in [0.29, 0.717) is 18.4 Å². The largest absolute Gasteiger partial charge is 0.395 e. The molecule has 0 bridgehead atoms. The summed E-state index contributed by atoms with van der Waals surface area (Å²) in [5, 5.41) is 12.0. The average Bonchev–Trinajstić information content (AvgIpc) is 2.88. The Morgan fingerprint density at radius 1 is 1.42 bits per heavy atom. The molecule has 0 saturated carbocycles. The highest BCUT2D eigenvalue weighted by Crippen LogP contribution is 2.28. The summed E-state index contributed by atoms with van der Waals surface area (Å²) in [4.78, 5) is 11.3. The molecular weight excluding hydrogens is 244 g/mol. The van der Waals surface area contributed by atoms with E-state index in [9.17, 15) is 0 Å². The second-order valence-corrected chi connectivity index (χ2v) is 5.03. The van der Waals surface area contributed by atoms with Crippen LogP contribution in [0, 0.1) is 0 Å². The molecule has 2 N–H and O–H groups in total. The predicted molar refractivity (Wildman–Crippen MR) is 72.6 cm³/mol. The van der Waals surface area contributed by atoms with Crippen LogP contribution in [0.1, 0.15) is 24.5 Å². The van der Waals surface area contributed by atoms with Gasteiger partial charge in [-0.25, -0.2) is 4.98 Å². The van der Waals surface area contributed by atoms with E-state index in [1.165, 1.54) is 6.42 Å². The van der Waals surface area contributed by atoms with E-state index in [1.807, 2.05) is 0 Å². The predicted octanol–water partition coefficient (Wildman–Crippen LogP) is 0.595. The molecule has 3 rings (SSSR count). The second-order valence-electron chi connectivity index (χ2n) is 5.03. The smallest absolute Gasteiger partial charge is 0.224 e. The van der Waals surface area contributed by atoms with Crippen LogP contribution in [0.2, 0.25) is 0 Å². The number of hydrogen-bond acceptors (Lipinski definition) is 6. The standard InChI is InChI=1S/C13H20N4O2/c18-6-3-14-13-15-11(10-2-7-19-9-10)8-12(16-13)17-4-1-5-17/h8,10,18H,1-7,9H2,(H,14,15,16). The molecule has 1 aromatic rings. The lowest BCUT2D eigenvalue weighted by Crippen LogP contribution is -2.38. The summed E-state index contributed by atoms with van der Waals surface area (Å²) in [5.41, 5.74) is 1.05. The summed E-state index contributed by atoms with van der Waals surface area (Å²) in [6.07, 6.45) is 2.25. The zero-order chi connectivity index (χ0) is 13.1. The van der Waals surface area contributed by atoms with E-state index in [1.54, 1.807) is 0 Å². The maximum absolute atomic E-state index is 8.90. The van der Waals surface area contributed by atoms with Crippen LogP contribution in [-0.4, -0.2) is 54.5 Å². The van der Waals surface area contributed by atoms with Gasteiger partial charge in [0.05, 0.1) is 18.9 Å². The van der Waals surface area contributed by atoms with Gasteiger partial charge in [0.25, 0.3) is 0 Å². The van der Waals surface area contributed by atoms with Crippen molar-refractivity contribution in [1.82, 2.24) is 9.97 Å². The van der Waals surface area contributed by atoms with Crippen LogP contribution in [0.15, 0.2) is 6.07 Å². The van der Waals surface area contributed by atoms with Crippen LogP contribution in [0.3, 0.4) is 0 Å². The monoisotopic (exact) mass is 264 g/mol. The van der Waals surface area contributed by atoms with E-state index in [-0.39, 0.29) is 6.61 Å². The third-order valence-corrected chi connectivity index (χ3v) is 3.66. The molecule has 0 aromatic carbocycles. The molecule has 2 fully saturated rings. The van der Waals surface area contributed by atoms with E-state index in [4.69, 9.17) is 9.84 Å². The van der Waals surface area contributed by atoms with Gasteiger partial charge in [-0.15, -0.1) is 0 Å². The molecule has 2 aliphatic heterocycles. The number of aliphatic hydroxyl groups excluding tert-OH is 1. The van der Waals surface area contributed by atoms with Crippen LogP contribution in [-0.2, 0) is 4.74 Å². The fourth-order valence-electron chi connectivity index (χ4n) is 2.38. The van der Waals surface area contributed by atoms with Gasteiger partial charge in [0.15, 0.2) is 0 Å². The van der Waals surface area contributed by atoms with Crippen molar-refractivity contribution in [1.29, 1.82) is 0 Å². The first-order valence-corrected chi connectivity index (χ1v) is 6.93. The lowest BCUT2D eigenvalue weighted by Gasteiger charge is -2.32. The molecule has 104 valence electrons. The molecule has 1 atom stereocenters. The third-order valence-electron chi connectivity index (χ3n) is 3.66. The summed E-state index contributed by atoms with van der Waals surface area (Å²) in [5.74, 6) is 1.97. The molecule has 0 aliphatic carbocycles. The van der Waals surface area contributed by atoms with Crippen LogP contribution in [0.25, 0.3) is 0 Å². The first-order valence-electron chi connectivity index (χ1n) is 6.93. The molecule has 0 spiro atoms. The van der Waals surface area contributed by atoms with Crippen LogP contribution in [0.5, 0.6) is 0 Å². The average molecular weight is 264 g/mol. The van der Waals surface area contributed by atoms with Gasteiger partial charge in [0.1, 0.15) is 5.82 Å². The number of ether oxygens (including phenoxy) is 1. The van der Waals surface area contributed by atoms with Crippen molar-refractivity contribution in [3.63, 3.8) is 0 Å². The van der Waals surface area contributed by atoms with Crippen LogP contribution >= 0.6 is 0 Å². The Balaban J connectivity index is 1.83. The molecule has 2 saturated heterocycles. The third kappa shape index (κ3) is 2.79. The molecule has 1 aromatic heterocycles. The summed E-state index contributed by atoms with van der Waals surface area (Å²) in [6.45, 7) is 4.25. The normalized spacial score (nSPS) is 22.4. The minimum Gasteiger partial charge on any atom is -0.395 e. The fraction of sp³-hybridized carbons (Fsp3) is 0.692. The van der Waals surface area contributed by atoms with E-state index in [0.717, 1.165) is 44.2 Å². The number of hydrogen-bond donors (Lipinski definition) is 2. The number of aromatic nitrogens is 2. The number of aliphatic hydroxyl groups is 1. The molecule has 0 radical (unpaired) electrons. The number of nitrogens with zero attached hydrogens (tertiary/aromatic N) is 3. The van der Waals surface area contributed by atoms with E-state index >= 15 is 0 Å². The molecule has 19 heavy (non-hydrogen) atoms. The highest BCUT2D eigenvalue weighted by Gasteiger charge is 2.23. The Bertz CT molecular complexity index is 431. The lowest BCUT2D eigenvalue weighted by atomic mass is 10.0. The highest BCUT2D eigenvalue weighted by molar-refractivity contribution is 5.47.